The Morgan fingerprint density at radius 2 is 1.42 bits per heavy atom. The minimum absolute atomic E-state index is 0.0212. The maximum absolute atomic E-state index is 12.9. The van der Waals surface area contributed by atoms with E-state index in [1.54, 1.807) is 31.2 Å². The van der Waals surface area contributed by atoms with E-state index in [0.29, 0.717) is 34.6 Å². The third-order valence-corrected chi connectivity index (χ3v) is 5.10. The van der Waals surface area contributed by atoms with Crippen molar-refractivity contribution in [1.82, 2.24) is 0 Å². The van der Waals surface area contributed by atoms with Gasteiger partial charge in [0.15, 0.2) is 5.78 Å². The SMILES string of the molecule is CC1=C(C)Cc2c(O)c(C(=O)c3ccc(Cl)cc3)c(C)c(O)c2C1. The number of phenols is 2. The highest BCUT2D eigenvalue weighted by molar-refractivity contribution is 6.30. The summed E-state index contributed by atoms with van der Waals surface area (Å²) in [5.74, 6) is -0.234. The number of hydrogen-bond acceptors (Lipinski definition) is 3. The molecule has 0 heterocycles. The molecule has 2 aromatic rings. The zero-order valence-electron chi connectivity index (χ0n) is 13.9. The monoisotopic (exact) mass is 342 g/mol. The van der Waals surface area contributed by atoms with E-state index < -0.39 is 0 Å². The van der Waals surface area contributed by atoms with Crippen molar-refractivity contribution >= 4 is 17.4 Å². The molecular formula is C20H19ClO3. The molecule has 0 amide bonds. The van der Waals surface area contributed by atoms with Crippen molar-refractivity contribution in [3.63, 3.8) is 0 Å². The smallest absolute Gasteiger partial charge is 0.197 e. The molecule has 3 nitrogen and oxygen atoms in total. The van der Waals surface area contributed by atoms with Crippen LogP contribution < -0.4 is 0 Å². The molecular weight excluding hydrogens is 324 g/mol. The lowest BCUT2D eigenvalue weighted by atomic mass is 9.82. The topological polar surface area (TPSA) is 57.5 Å². The van der Waals surface area contributed by atoms with Crippen molar-refractivity contribution in [2.75, 3.05) is 0 Å². The lowest BCUT2D eigenvalue weighted by molar-refractivity contribution is 0.103. The second-order valence-corrected chi connectivity index (χ2v) is 6.84. The Balaban J connectivity index is 2.18. The first kappa shape index (κ1) is 16.6. The average Bonchev–Trinajstić information content (AvgIpc) is 2.55. The van der Waals surface area contributed by atoms with Crippen LogP contribution in [0.2, 0.25) is 5.02 Å². The molecule has 124 valence electrons. The molecule has 1 aliphatic carbocycles. The lowest BCUT2D eigenvalue weighted by Crippen LogP contribution is -2.12. The molecule has 3 rings (SSSR count). The predicted octanol–water partition coefficient (Wildman–Crippen LogP) is 4.73. The number of ketones is 1. The van der Waals surface area contributed by atoms with Gasteiger partial charge in [0.25, 0.3) is 0 Å². The molecule has 0 radical (unpaired) electrons. The Morgan fingerprint density at radius 3 is 1.96 bits per heavy atom. The van der Waals surface area contributed by atoms with Crippen LogP contribution in [-0.4, -0.2) is 16.0 Å². The summed E-state index contributed by atoms with van der Waals surface area (Å²) >= 11 is 5.87. The summed E-state index contributed by atoms with van der Waals surface area (Å²) in [7, 11) is 0. The van der Waals surface area contributed by atoms with Gasteiger partial charge >= 0.3 is 0 Å². The largest absolute Gasteiger partial charge is 0.507 e. The molecule has 0 spiro atoms. The third kappa shape index (κ3) is 2.59. The van der Waals surface area contributed by atoms with Crippen LogP contribution in [0.15, 0.2) is 35.4 Å². The third-order valence-electron chi connectivity index (χ3n) is 4.85. The van der Waals surface area contributed by atoms with Crippen molar-refractivity contribution in [3.05, 3.63) is 68.3 Å². The van der Waals surface area contributed by atoms with E-state index in [9.17, 15) is 15.0 Å². The van der Waals surface area contributed by atoms with E-state index in [1.165, 1.54) is 5.57 Å². The second-order valence-electron chi connectivity index (χ2n) is 6.40. The highest BCUT2D eigenvalue weighted by Gasteiger charge is 2.28. The highest BCUT2D eigenvalue weighted by Crippen LogP contribution is 2.43. The van der Waals surface area contributed by atoms with Gasteiger partial charge in [0.1, 0.15) is 11.5 Å². The second kappa shape index (κ2) is 5.99. The summed E-state index contributed by atoms with van der Waals surface area (Å²) in [4.78, 5) is 12.9. The summed E-state index contributed by atoms with van der Waals surface area (Å²) in [6.07, 6.45) is 1.14. The molecule has 24 heavy (non-hydrogen) atoms. The van der Waals surface area contributed by atoms with Crippen LogP contribution in [0.5, 0.6) is 11.5 Å². The summed E-state index contributed by atoms with van der Waals surface area (Å²) in [6, 6.07) is 6.51. The van der Waals surface area contributed by atoms with Gasteiger partial charge in [0, 0.05) is 27.3 Å². The number of halogens is 1. The van der Waals surface area contributed by atoms with E-state index in [-0.39, 0.29) is 22.8 Å². The summed E-state index contributed by atoms with van der Waals surface area (Å²) in [5.41, 5.74) is 4.73. The molecule has 0 atom stereocenters. The van der Waals surface area contributed by atoms with Crippen LogP contribution in [0.1, 0.15) is 46.5 Å². The number of benzene rings is 2. The summed E-state index contributed by atoms with van der Waals surface area (Å²) < 4.78 is 0. The highest BCUT2D eigenvalue weighted by atomic mass is 35.5. The van der Waals surface area contributed by atoms with E-state index >= 15 is 0 Å². The maximum atomic E-state index is 12.9. The van der Waals surface area contributed by atoms with Crippen LogP contribution in [0.4, 0.5) is 0 Å². The molecule has 2 aromatic carbocycles. The predicted molar refractivity (Wildman–Crippen MR) is 95.2 cm³/mol. The van der Waals surface area contributed by atoms with Crippen molar-refractivity contribution in [2.45, 2.75) is 33.6 Å². The van der Waals surface area contributed by atoms with E-state index in [0.717, 1.165) is 11.1 Å². The van der Waals surface area contributed by atoms with Gasteiger partial charge in [-0.15, -0.1) is 0 Å². The molecule has 0 unspecified atom stereocenters. The minimum Gasteiger partial charge on any atom is -0.507 e. The van der Waals surface area contributed by atoms with Gasteiger partial charge < -0.3 is 10.2 Å². The first-order chi connectivity index (χ1) is 11.3. The van der Waals surface area contributed by atoms with Crippen molar-refractivity contribution in [2.24, 2.45) is 0 Å². The zero-order chi connectivity index (χ0) is 17.6. The zero-order valence-corrected chi connectivity index (χ0v) is 14.7. The fraction of sp³-hybridized carbons (Fsp3) is 0.250. The number of fused-ring (bicyclic) bond motifs is 1. The van der Waals surface area contributed by atoms with Crippen molar-refractivity contribution in [3.8, 4) is 11.5 Å². The van der Waals surface area contributed by atoms with E-state index in [1.807, 2.05) is 13.8 Å². The van der Waals surface area contributed by atoms with Crippen LogP contribution in [0.25, 0.3) is 0 Å². The first-order valence-corrected chi connectivity index (χ1v) is 8.20. The van der Waals surface area contributed by atoms with Crippen LogP contribution in [0, 0.1) is 6.92 Å². The van der Waals surface area contributed by atoms with Crippen molar-refractivity contribution in [1.29, 1.82) is 0 Å². The molecule has 0 aliphatic heterocycles. The molecule has 0 bridgehead atoms. The van der Waals surface area contributed by atoms with Gasteiger partial charge in [-0.2, -0.15) is 0 Å². The molecule has 0 saturated carbocycles. The van der Waals surface area contributed by atoms with Gasteiger partial charge in [-0.3, -0.25) is 4.79 Å². The fourth-order valence-corrected chi connectivity index (χ4v) is 3.32. The first-order valence-electron chi connectivity index (χ1n) is 7.83. The van der Waals surface area contributed by atoms with E-state index in [2.05, 4.69) is 0 Å². The van der Waals surface area contributed by atoms with Gasteiger partial charge in [0.05, 0.1) is 5.56 Å². The Morgan fingerprint density at radius 1 is 0.917 bits per heavy atom. The van der Waals surface area contributed by atoms with E-state index in [4.69, 9.17) is 11.6 Å². The average molecular weight is 343 g/mol. The van der Waals surface area contributed by atoms with Crippen LogP contribution in [0.3, 0.4) is 0 Å². The number of rotatable bonds is 2. The number of aromatic hydroxyl groups is 2. The number of carbonyl (C=O) groups excluding carboxylic acids is 1. The Labute approximate surface area is 146 Å². The molecule has 4 heteroatoms. The molecule has 1 aliphatic rings. The summed E-state index contributed by atoms with van der Waals surface area (Å²) in [6.45, 7) is 5.70. The van der Waals surface area contributed by atoms with Gasteiger partial charge in [-0.25, -0.2) is 0 Å². The molecule has 0 aromatic heterocycles. The fourth-order valence-electron chi connectivity index (χ4n) is 3.20. The maximum Gasteiger partial charge on any atom is 0.197 e. The number of hydrogen-bond donors (Lipinski definition) is 2. The van der Waals surface area contributed by atoms with Crippen LogP contribution >= 0.6 is 11.6 Å². The number of carbonyl (C=O) groups is 1. The standard InChI is InChI=1S/C20H19ClO3/c1-10-8-15-16(9-11(10)2)20(24)17(12(3)18(15)22)19(23)13-4-6-14(21)7-5-13/h4-7,22,24H,8-9H2,1-3H3. The number of allylic oxidation sites excluding steroid dienone is 2. The van der Waals surface area contributed by atoms with Crippen molar-refractivity contribution < 1.29 is 15.0 Å². The molecule has 0 fully saturated rings. The quantitative estimate of drug-likeness (QED) is 0.471. The Hall–Kier alpha value is -2.26. The van der Waals surface area contributed by atoms with Gasteiger partial charge in [-0.05, 0) is 57.9 Å². The normalized spacial score (nSPS) is 13.8. The number of phenolic OH excluding ortho intramolecular Hbond substituents is 2. The lowest BCUT2D eigenvalue weighted by Gasteiger charge is -2.24. The molecule has 0 saturated heterocycles. The van der Waals surface area contributed by atoms with Crippen LogP contribution in [-0.2, 0) is 12.8 Å². The minimum atomic E-state index is -0.316. The summed E-state index contributed by atoms with van der Waals surface area (Å²) in [5, 5.41) is 21.9. The molecule has 2 N–H and O–H groups in total. The van der Waals surface area contributed by atoms with Gasteiger partial charge in [0.2, 0.25) is 0 Å². The van der Waals surface area contributed by atoms with Gasteiger partial charge in [-0.1, -0.05) is 22.7 Å². The Bertz CT molecular complexity index is 877. The Kier molecular flexibility index (Phi) is 4.14.